The van der Waals surface area contributed by atoms with Gasteiger partial charge < -0.3 is 5.32 Å². The van der Waals surface area contributed by atoms with Crippen LogP contribution in [-0.2, 0) is 14.4 Å². The fourth-order valence-corrected chi connectivity index (χ4v) is 5.20. The van der Waals surface area contributed by atoms with Gasteiger partial charge in [-0.1, -0.05) is 18.9 Å². The molecular weight excluding hydrogens is 370 g/mol. The molecule has 0 spiro atoms. The standard InChI is InChI=1S/C18H19N3O3S2/c22-15(20-18-19-13(10-26-18)14-6-3-9-25-14)7-8-21-16(23)11-4-1-2-5-12(11)17(21)24/h3,6,9-12H,1-2,4-5,7-8H2,(H,19,20,22)/t11-,12+. The summed E-state index contributed by atoms with van der Waals surface area (Å²) in [4.78, 5) is 43.8. The number of rotatable bonds is 5. The van der Waals surface area contributed by atoms with Gasteiger partial charge in [-0.3, -0.25) is 19.3 Å². The largest absolute Gasteiger partial charge is 0.302 e. The third-order valence-corrected chi connectivity index (χ3v) is 6.67. The third-order valence-electron chi connectivity index (χ3n) is 5.02. The van der Waals surface area contributed by atoms with Crippen molar-refractivity contribution in [2.75, 3.05) is 11.9 Å². The molecular formula is C18H19N3O3S2. The number of thiophene rings is 1. The highest BCUT2D eigenvalue weighted by molar-refractivity contribution is 7.16. The number of carbonyl (C=O) groups is 3. The molecule has 2 aliphatic rings. The molecule has 2 fully saturated rings. The molecule has 2 atom stereocenters. The zero-order valence-electron chi connectivity index (χ0n) is 14.1. The van der Waals surface area contributed by atoms with Crippen molar-refractivity contribution in [2.45, 2.75) is 32.1 Å². The lowest BCUT2D eigenvalue weighted by molar-refractivity contribution is -0.140. The fraction of sp³-hybridized carbons (Fsp3) is 0.444. The second kappa shape index (κ2) is 7.28. The fourth-order valence-electron chi connectivity index (χ4n) is 3.72. The molecule has 0 bridgehead atoms. The molecule has 8 heteroatoms. The maximum atomic E-state index is 12.4. The zero-order chi connectivity index (χ0) is 18.1. The van der Waals surface area contributed by atoms with Crippen LogP contribution in [0.5, 0.6) is 0 Å². The van der Waals surface area contributed by atoms with Gasteiger partial charge in [-0.25, -0.2) is 4.98 Å². The Bertz CT molecular complexity index is 807. The summed E-state index contributed by atoms with van der Waals surface area (Å²) in [7, 11) is 0. The molecule has 4 rings (SSSR count). The van der Waals surface area contributed by atoms with E-state index in [-0.39, 0.29) is 42.5 Å². The highest BCUT2D eigenvalue weighted by Gasteiger charge is 2.47. The number of hydrogen-bond donors (Lipinski definition) is 1. The number of thiazole rings is 1. The smallest absolute Gasteiger partial charge is 0.233 e. The molecule has 26 heavy (non-hydrogen) atoms. The Morgan fingerprint density at radius 3 is 2.58 bits per heavy atom. The Morgan fingerprint density at radius 2 is 1.92 bits per heavy atom. The number of likely N-dealkylation sites (tertiary alicyclic amines) is 1. The first-order valence-electron chi connectivity index (χ1n) is 8.78. The van der Waals surface area contributed by atoms with Crippen LogP contribution in [0.25, 0.3) is 10.6 Å². The van der Waals surface area contributed by atoms with Crippen LogP contribution in [0.3, 0.4) is 0 Å². The topological polar surface area (TPSA) is 79.4 Å². The molecule has 0 unspecified atom stereocenters. The van der Waals surface area contributed by atoms with Crippen LogP contribution < -0.4 is 5.32 Å². The summed E-state index contributed by atoms with van der Waals surface area (Å²) in [5.41, 5.74) is 0.842. The number of nitrogens with one attached hydrogen (secondary N) is 1. The number of amides is 3. The number of anilines is 1. The first-order chi connectivity index (χ1) is 12.6. The third kappa shape index (κ3) is 3.31. The van der Waals surface area contributed by atoms with Gasteiger partial charge >= 0.3 is 0 Å². The second-order valence-electron chi connectivity index (χ2n) is 6.64. The Balaban J connectivity index is 1.33. The molecule has 2 aromatic rings. The molecule has 0 radical (unpaired) electrons. The summed E-state index contributed by atoms with van der Waals surface area (Å²) in [6.45, 7) is 0.152. The van der Waals surface area contributed by atoms with E-state index >= 15 is 0 Å². The Morgan fingerprint density at radius 1 is 1.19 bits per heavy atom. The van der Waals surface area contributed by atoms with Gasteiger partial charge in [0.1, 0.15) is 0 Å². The van der Waals surface area contributed by atoms with Gasteiger partial charge in [-0.2, -0.15) is 0 Å². The summed E-state index contributed by atoms with van der Waals surface area (Å²) in [5.74, 6) is -0.741. The van der Waals surface area contributed by atoms with Gasteiger partial charge in [0.05, 0.1) is 22.4 Å². The van der Waals surface area contributed by atoms with Crippen molar-refractivity contribution in [3.05, 3.63) is 22.9 Å². The van der Waals surface area contributed by atoms with E-state index in [0.717, 1.165) is 36.3 Å². The van der Waals surface area contributed by atoms with Crippen LogP contribution in [0, 0.1) is 11.8 Å². The van der Waals surface area contributed by atoms with E-state index in [1.807, 2.05) is 22.9 Å². The van der Waals surface area contributed by atoms with Gasteiger partial charge in [0, 0.05) is 18.3 Å². The lowest BCUT2D eigenvalue weighted by Crippen LogP contribution is -2.34. The number of carbonyl (C=O) groups excluding carboxylic acids is 3. The van der Waals surface area contributed by atoms with Crippen molar-refractivity contribution >= 4 is 45.5 Å². The predicted octanol–water partition coefficient (Wildman–Crippen LogP) is 3.38. The van der Waals surface area contributed by atoms with E-state index in [1.54, 1.807) is 11.3 Å². The molecule has 1 aliphatic carbocycles. The van der Waals surface area contributed by atoms with E-state index in [1.165, 1.54) is 16.2 Å². The molecule has 2 aromatic heterocycles. The average molecular weight is 390 g/mol. The molecule has 0 aromatic carbocycles. The van der Waals surface area contributed by atoms with Crippen LogP contribution in [-0.4, -0.2) is 34.2 Å². The number of hydrogen-bond acceptors (Lipinski definition) is 6. The molecule has 1 saturated carbocycles. The van der Waals surface area contributed by atoms with E-state index in [4.69, 9.17) is 0 Å². The van der Waals surface area contributed by atoms with Gasteiger partial charge in [0.25, 0.3) is 0 Å². The second-order valence-corrected chi connectivity index (χ2v) is 8.44. The average Bonchev–Trinajstić information content (AvgIpc) is 3.36. The molecule has 1 aliphatic heterocycles. The van der Waals surface area contributed by atoms with Gasteiger partial charge in [-0.15, -0.1) is 22.7 Å². The van der Waals surface area contributed by atoms with Crippen molar-refractivity contribution in [3.63, 3.8) is 0 Å². The van der Waals surface area contributed by atoms with E-state index in [9.17, 15) is 14.4 Å². The van der Waals surface area contributed by atoms with Crippen molar-refractivity contribution < 1.29 is 14.4 Å². The Kier molecular flexibility index (Phi) is 4.86. The number of nitrogens with zero attached hydrogens (tertiary/aromatic N) is 2. The lowest BCUT2D eigenvalue weighted by Gasteiger charge is -2.19. The van der Waals surface area contributed by atoms with Crippen LogP contribution in [0.15, 0.2) is 22.9 Å². The van der Waals surface area contributed by atoms with Crippen molar-refractivity contribution in [3.8, 4) is 10.6 Å². The number of fused-ring (bicyclic) bond motifs is 1. The van der Waals surface area contributed by atoms with Crippen molar-refractivity contribution in [2.24, 2.45) is 11.8 Å². The highest BCUT2D eigenvalue weighted by Crippen LogP contribution is 2.38. The van der Waals surface area contributed by atoms with Crippen molar-refractivity contribution in [1.29, 1.82) is 0 Å². The quantitative estimate of drug-likeness (QED) is 0.795. The molecule has 136 valence electrons. The maximum Gasteiger partial charge on any atom is 0.233 e. The van der Waals surface area contributed by atoms with Gasteiger partial charge in [0.2, 0.25) is 17.7 Å². The lowest BCUT2D eigenvalue weighted by atomic mass is 9.81. The van der Waals surface area contributed by atoms with Gasteiger partial charge in [0.15, 0.2) is 5.13 Å². The van der Waals surface area contributed by atoms with Crippen molar-refractivity contribution in [1.82, 2.24) is 9.88 Å². The van der Waals surface area contributed by atoms with Gasteiger partial charge in [-0.05, 0) is 24.3 Å². The van der Waals surface area contributed by atoms with Crippen LogP contribution >= 0.6 is 22.7 Å². The van der Waals surface area contributed by atoms with E-state index in [0.29, 0.717) is 5.13 Å². The van der Waals surface area contributed by atoms with Crippen LogP contribution in [0.4, 0.5) is 5.13 Å². The zero-order valence-corrected chi connectivity index (χ0v) is 15.8. The number of imide groups is 1. The van der Waals surface area contributed by atoms with Crippen LogP contribution in [0.1, 0.15) is 32.1 Å². The summed E-state index contributed by atoms with van der Waals surface area (Å²) in [5, 5.41) is 7.18. The van der Waals surface area contributed by atoms with Crippen LogP contribution in [0.2, 0.25) is 0 Å². The predicted molar refractivity (Wildman–Crippen MR) is 101 cm³/mol. The summed E-state index contributed by atoms with van der Waals surface area (Å²) >= 11 is 2.96. The molecule has 1 saturated heterocycles. The minimum atomic E-state index is -0.229. The number of aromatic nitrogens is 1. The Labute approximate surface area is 159 Å². The molecule has 3 heterocycles. The molecule has 1 N–H and O–H groups in total. The highest BCUT2D eigenvalue weighted by atomic mass is 32.1. The monoisotopic (exact) mass is 389 g/mol. The maximum absolute atomic E-state index is 12.4. The SMILES string of the molecule is O=C(CCN1C(=O)[C@H]2CCCC[C@H]2C1=O)Nc1nc(-c2cccs2)cs1. The minimum Gasteiger partial charge on any atom is -0.302 e. The van der Waals surface area contributed by atoms with E-state index in [2.05, 4.69) is 10.3 Å². The van der Waals surface area contributed by atoms with E-state index < -0.39 is 0 Å². The summed E-state index contributed by atoms with van der Waals surface area (Å²) in [6, 6.07) is 3.94. The Hall–Kier alpha value is -2.06. The molecule has 6 nitrogen and oxygen atoms in total. The normalized spacial score (nSPS) is 22.5. The first kappa shape index (κ1) is 17.4. The molecule has 3 amide bonds. The summed E-state index contributed by atoms with van der Waals surface area (Å²) in [6.07, 6.45) is 3.70. The minimum absolute atomic E-state index is 0.0956. The first-order valence-corrected chi connectivity index (χ1v) is 10.5. The summed E-state index contributed by atoms with van der Waals surface area (Å²) < 4.78 is 0.